The molecule has 1 aromatic heterocycles. The lowest BCUT2D eigenvalue weighted by Gasteiger charge is -2.29. The Balaban J connectivity index is 1.99. The van der Waals surface area contributed by atoms with Crippen molar-refractivity contribution in [3.8, 4) is 0 Å². The number of fused-ring (bicyclic) bond motifs is 1. The summed E-state index contributed by atoms with van der Waals surface area (Å²) in [6, 6.07) is 4.88. The summed E-state index contributed by atoms with van der Waals surface area (Å²) in [5.41, 5.74) is 6.08. The van der Waals surface area contributed by atoms with Gasteiger partial charge in [-0.15, -0.1) is 11.3 Å². The van der Waals surface area contributed by atoms with Gasteiger partial charge in [0.25, 0.3) is 5.91 Å². The van der Waals surface area contributed by atoms with Gasteiger partial charge in [0.1, 0.15) is 5.82 Å². The summed E-state index contributed by atoms with van der Waals surface area (Å²) >= 11 is 1.30. The first-order valence-electron chi connectivity index (χ1n) is 7.71. The number of ether oxygens (including phenoxy) is 1. The van der Waals surface area contributed by atoms with E-state index in [9.17, 15) is 9.18 Å². The van der Waals surface area contributed by atoms with Crippen LogP contribution < -0.4 is 11.1 Å². The largest absolute Gasteiger partial charge is 0.380 e. The molecule has 23 heavy (non-hydrogen) atoms. The monoisotopic (exact) mass is 336 g/mol. The van der Waals surface area contributed by atoms with Gasteiger partial charge in [-0.05, 0) is 37.8 Å². The van der Waals surface area contributed by atoms with Crippen molar-refractivity contribution in [2.24, 2.45) is 11.7 Å². The standard InChI is InChI=1S/C17H21FN2O2S/c1-17(9-19,10-6-7-10)20-16(21)15-11(8-22-2)14-12(18)4-3-5-13(14)23-15/h3-5,10H,6-9,19H2,1-2H3,(H,20,21). The molecule has 0 aliphatic heterocycles. The third-order valence-electron chi connectivity index (χ3n) is 4.56. The van der Waals surface area contributed by atoms with Crippen molar-refractivity contribution in [3.63, 3.8) is 0 Å². The third-order valence-corrected chi connectivity index (χ3v) is 5.76. The average Bonchev–Trinajstić information content (AvgIpc) is 3.31. The molecule has 3 N–H and O–H groups in total. The van der Waals surface area contributed by atoms with E-state index in [1.165, 1.54) is 17.4 Å². The highest BCUT2D eigenvalue weighted by atomic mass is 32.1. The Labute approximate surface area is 138 Å². The van der Waals surface area contributed by atoms with Crippen molar-refractivity contribution >= 4 is 27.3 Å². The van der Waals surface area contributed by atoms with Crippen LogP contribution in [0.1, 0.15) is 35.0 Å². The summed E-state index contributed by atoms with van der Waals surface area (Å²) in [5, 5.41) is 3.55. The van der Waals surface area contributed by atoms with Gasteiger partial charge >= 0.3 is 0 Å². The third kappa shape index (κ3) is 2.98. The summed E-state index contributed by atoms with van der Waals surface area (Å²) < 4.78 is 20.1. The fourth-order valence-electron chi connectivity index (χ4n) is 2.99. The number of methoxy groups -OCH3 is 1. The van der Waals surface area contributed by atoms with E-state index in [1.807, 2.05) is 13.0 Å². The number of carbonyl (C=O) groups excluding carboxylic acids is 1. The first-order valence-corrected chi connectivity index (χ1v) is 8.53. The van der Waals surface area contributed by atoms with Crippen LogP contribution in [0.15, 0.2) is 18.2 Å². The first kappa shape index (κ1) is 16.4. The summed E-state index contributed by atoms with van der Waals surface area (Å²) in [6.07, 6.45) is 2.17. The van der Waals surface area contributed by atoms with Gasteiger partial charge in [-0.3, -0.25) is 4.79 Å². The molecule has 3 rings (SSSR count). The Bertz CT molecular complexity index is 742. The molecular formula is C17H21FN2O2S. The molecule has 0 bridgehead atoms. The number of benzene rings is 1. The number of halogens is 1. The highest BCUT2D eigenvalue weighted by Crippen LogP contribution is 2.40. The fraction of sp³-hybridized carbons (Fsp3) is 0.471. The first-order chi connectivity index (χ1) is 11.0. The van der Waals surface area contributed by atoms with Crippen LogP contribution >= 0.6 is 11.3 Å². The summed E-state index contributed by atoms with van der Waals surface area (Å²) in [6.45, 7) is 2.57. The average molecular weight is 336 g/mol. The van der Waals surface area contributed by atoms with Gasteiger partial charge in [-0.1, -0.05) is 6.07 Å². The minimum absolute atomic E-state index is 0.197. The van der Waals surface area contributed by atoms with Crippen molar-refractivity contribution in [1.29, 1.82) is 0 Å². The van der Waals surface area contributed by atoms with E-state index in [1.54, 1.807) is 13.2 Å². The normalized spacial score (nSPS) is 17.2. The van der Waals surface area contributed by atoms with Crippen LogP contribution in [0.4, 0.5) is 4.39 Å². The molecule has 0 saturated heterocycles. The van der Waals surface area contributed by atoms with Crippen molar-refractivity contribution in [2.45, 2.75) is 31.9 Å². The Hall–Kier alpha value is -1.50. The van der Waals surface area contributed by atoms with E-state index in [4.69, 9.17) is 10.5 Å². The molecule has 2 aromatic rings. The van der Waals surface area contributed by atoms with Gasteiger partial charge < -0.3 is 15.8 Å². The lowest BCUT2D eigenvalue weighted by Crippen LogP contribution is -2.53. The topological polar surface area (TPSA) is 64.3 Å². The fourth-order valence-corrected chi connectivity index (χ4v) is 4.11. The highest BCUT2D eigenvalue weighted by Gasteiger charge is 2.42. The number of hydrogen-bond donors (Lipinski definition) is 2. The van der Waals surface area contributed by atoms with Crippen molar-refractivity contribution in [1.82, 2.24) is 5.32 Å². The summed E-state index contributed by atoms with van der Waals surface area (Å²) in [5.74, 6) is -0.0976. The molecule has 4 nitrogen and oxygen atoms in total. The van der Waals surface area contributed by atoms with Crippen LogP contribution in [0.2, 0.25) is 0 Å². The molecule has 1 aliphatic carbocycles. The Kier molecular flexibility index (Phi) is 4.40. The summed E-state index contributed by atoms with van der Waals surface area (Å²) in [7, 11) is 1.54. The number of nitrogens with one attached hydrogen (secondary N) is 1. The minimum atomic E-state index is -0.407. The van der Waals surface area contributed by atoms with E-state index in [2.05, 4.69) is 5.32 Å². The lowest BCUT2D eigenvalue weighted by molar-refractivity contribution is 0.0898. The second-order valence-corrected chi connectivity index (χ2v) is 7.36. The molecule has 124 valence electrons. The Morgan fingerprint density at radius 2 is 2.26 bits per heavy atom. The van der Waals surface area contributed by atoms with Crippen LogP contribution in [0.3, 0.4) is 0 Å². The van der Waals surface area contributed by atoms with E-state index in [0.717, 1.165) is 17.5 Å². The molecule has 1 aliphatic rings. The number of thiophene rings is 1. The molecule has 1 unspecified atom stereocenters. The quantitative estimate of drug-likeness (QED) is 0.852. The van der Waals surface area contributed by atoms with Crippen LogP contribution in [0, 0.1) is 11.7 Å². The van der Waals surface area contributed by atoms with E-state index >= 15 is 0 Å². The van der Waals surface area contributed by atoms with Gasteiger partial charge in [0.05, 0.1) is 17.0 Å². The van der Waals surface area contributed by atoms with Crippen molar-refractivity contribution < 1.29 is 13.9 Å². The lowest BCUT2D eigenvalue weighted by atomic mass is 9.95. The number of amides is 1. The van der Waals surface area contributed by atoms with Gasteiger partial charge in [0.2, 0.25) is 0 Å². The molecule has 1 saturated carbocycles. The van der Waals surface area contributed by atoms with Crippen LogP contribution in [-0.4, -0.2) is 25.1 Å². The maximum Gasteiger partial charge on any atom is 0.262 e. The SMILES string of the molecule is COCc1c(C(=O)NC(C)(CN)C2CC2)sc2cccc(F)c12. The maximum atomic E-state index is 14.2. The Morgan fingerprint density at radius 3 is 2.87 bits per heavy atom. The number of nitrogens with two attached hydrogens (primary N) is 1. The zero-order valence-electron chi connectivity index (χ0n) is 13.3. The van der Waals surface area contributed by atoms with Gasteiger partial charge in [0.15, 0.2) is 0 Å². The molecule has 1 fully saturated rings. The van der Waals surface area contributed by atoms with Crippen molar-refractivity contribution in [2.75, 3.05) is 13.7 Å². The van der Waals surface area contributed by atoms with Crippen LogP contribution in [-0.2, 0) is 11.3 Å². The molecule has 1 atom stereocenters. The Morgan fingerprint density at radius 1 is 1.52 bits per heavy atom. The molecule has 6 heteroatoms. The molecule has 0 spiro atoms. The second kappa shape index (κ2) is 6.19. The van der Waals surface area contributed by atoms with Crippen LogP contribution in [0.25, 0.3) is 10.1 Å². The smallest absolute Gasteiger partial charge is 0.262 e. The highest BCUT2D eigenvalue weighted by molar-refractivity contribution is 7.21. The molecular weight excluding hydrogens is 315 g/mol. The van der Waals surface area contributed by atoms with E-state index < -0.39 is 5.54 Å². The second-order valence-electron chi connectivity index (χ2n) is 6.31. The molecule has 1 heterocycles. The summed E-state index contributed by atoms with van der Waals surface area (Å²) in [4.78, 5) is 13.3. The minimum Gasteiger partial charge on any atom is -0.380 e. The molecule has 1 amide bonds. The zero-order valence-corrected chi connectivity index (χ0v) is 14.1. The molecule has 1 aromatic carbocycles. The number of hydrogen-bond acceptors (Lipinski definition) is 4. The zero-order chi connectivity index (χ0) is 16.6. The van der Waals surface area contributed by atoms with Gasteiger partial charge in [-0.2, -0.15) is 0 Å². The van der Waals surface area contributed by atoms with Crippen LogP contribution in [0.5, 0.6) is 0 Å². The predicted octanol–water partition coefficient (Wildman–Crippen LogP) is 3.04. The van der Waals surface area contributed by atoms with Crippen molar-refractivity contribution in [3.05, 3.63) is 34.5 Å². The predicted molar refractivity (Wildman–Crippen MR) is 90.1 cm³/mol. The number of rotatable bonds is 6. The van der Waals surface area contributed by atoms with Gasteiger partial charge in [0, 0.05) is 29.3 Å². The molecule has 0 radical (unpaired) electrons. The van der Waals surface area contributed by atoms with E-state index in [-0.39, 0.29) is 18.3 Å². The number of carbonyl (C=O) groups is 1. The maximum absolute atomic E-state index is 14.2. The van der Waals surface area contributed by atoms with E-state index in [0.29, 0.717) is 28.3 Å². The van der Waals surface area contributed by atoms with Gasteiger partial charge in [-0.25, -0.2) is 4.39 Å².